The minimum atomic E-state index is -4.08. The molecular weight excluding hydrogens is 394 g/mol. The number of ether oxygens (including phenoxy) is 2. The molecule has 0 radical (unpaired) electrons. The zero-order valence-electron chi connectivity index (χ0n) is 15.7. The molecule has 0 bridgehead atoms. The van der Waals surface area contributed by atoms with E-state index in [0.29, 0.717) is 22.7 Å². The lowest BCUT2D eigenvalue weighted by Gasteiger charge is -2.10. The summed E-state index contributed by atoms with van der Waals surface area (Å²) >= 11 is 0. The third-order valence-electron chi connectivity index (χ3n) is 4.23. The summed E-state index contributed by atoms with van der Waals surface area (Å²) in [7, 11) is -1.18. The van der Waals surface area contributed by atoms with Crippen molar-refractivity contribution in [1.29, 1.82) is 0 Å². The van der Waals surface area contributed by atoms with Gasteiger partial charge in [-0.3, -0.25) is 0 Å². The molecule has 0 spiro atoms. The van der Waals surface area contributed by atoms with E-state index < -0.39 is 10.1 Å². The highest BCUT2D eigenvalue weighted by Gasteiger charge is 2.20. The van der Waals surface area contributed by atoms with Crippen molar-refractivity contribution in [3.05, 3.63) is 66.7 Å². The number of benzene rings is 3. The Morgan fingerprint density at radius 2 is 1.62 bits per heavy atom. The van der Waals surface area contributed by atoms with Crippen molar-refractivity contribution in [2.45, 2.75) is 4.90 Å². The van der Waals surface area contributed by atoms with E-state index in [-0.39, 0.29) is 16.4 Å². The Labute approximate surface area is 167 Å². The Bertz CT molecular complexity index is 1270. The van der Waals surface area contributed by atoms with E-state index in [2.05, 4.69) is 4.98 Å². The molecule has 0 N–H and O–H groups in total. The number of nitrogens with zero attached hydrogens (tertiary/aromatic N) is 1. The minimum absolute atomic E-state index is 0.0576. The van der Waals surface area contributed by atoms with Gasteiger partial charge >= 0.3 is 10.1 Å². The SMILES string of the molecule is COc1ccc(S(=O)(=O)Oc2ccc3nc(-c4ccccc4)oc3c2)cc1OC. The van der Waals surface area contributed by atoms with Gasteiger partial charge in [0.1, 0.15) is 16.2 Å². The Morgan fingerprint density at radius 3 is 2.34 bits per heavy atom. The van der Waals surface area contributed by atoms with E-state index in [1.165, 1.54) is 44.6 Å². The fraction of sp³-hybridized carbons (Fsp3) is 0.0952. The van der Waals surface area contributed by atoms with Gasteiger partial charge in [-0.15, -0.1) is 0 Å². The van der Waals surface area contributed by atoms with Crippen LogP contribution in [-0.2, 0) is 10.1 Å². The molecule has 0 saturated carbocycles. The Balaban J connectivity index is 1.65. The van der Waals surface area contributed by atoms with Gasteiger partial charge in [0.15, 0.2) is 17.1 Å². The van der Waals surface area contributed by atoms with Crippen LogP contribution in [0.1, 0.15) is 0 Å². The molecule has 0 aliphatic heterocycles. The highest BCUT2D eigenvalue weighted by molar-refractivity contribution is 7.87. The maximum atomic E-state index is 12.7. The van der Waals surface area contributed by atoms with Crippen LogP contribution in [0.25, 0.3) is 22.6 Å². The zero-order chi connectivity index (χ0) is 20.4. The van der Waals surface area contributed by atoms with E-state index in [1.807, 2.05) is 30.3 Å². The average molecular weight is 411 g/mol. The van der Waals surface area contributed by atoms with Crippen LogP contribution in [-0.4, -0.2) is 27.6 Å². The van der Waals surface area contributed by atoms with E-state index >= 15 is 0 Å². The van der Waals surface area contributed by atoms with Crippen LogP contribution >= 0.6 is 0 Å². The van der Waals surface area contributed by atoms with Gasteiger partial charge < -0.3 is 18.1 Å². The number of aromatic nitrogens is 1. The fourth-order valence-electron chi connectivity index (χ4n) is 2.81. The highest BCUT2D eigenvalue weighted by Crippen LogP contribution is 2.32. The molecule has 0 atom stereocenters. The maximum Gasteiger partial charge on any atom is 0.339 e. The van der Waals surface area contributed by atoms with Crippen LogP contribution < -0.4 is 13.7 Å². The molecule has 29 heavy (non-hydrogen) atoms. The predicted octanol–water partition coefficient (Wildman–Crippen LogP) is 4.28. The lowest BCUT2D eigenvalue weighted by molar-refractivity contribution is 0.353. The summed E-state index contributed by atoms with van der Waals surface area (Å²) in [5.74, 6) is 1.27. The van der Waals surface area contributed by atoms with Crippen molar-refractivity contribution in [2.75, 3.05) is 14.2 Å². The largest absolute Gasteiger partial charge is 0.493 e. The van der Waals surface area contributed by atoms with Crippen LogP contribution in [0.4, 0.5) is 0 Å². The molecule has 0 aliphatic rings. The highest BCUT2D eigenvalue weighted by atomic mass is 32.2. The number of oxazole rings is 1. The summed E-state index contributed by atoms with van der Waals surface area (Å²) in [6, 6.07) is 18.3. The molecule has 0 saturated heterocycles. The topological polar surface area (TPSA) is 87.9 Å². The first-order valence-electron chi connectivity index (χ1n) is 8.63. The van der Waals surface area contributed by atoms with Crippen molar-refractivity contribution >= 4 is 21.2 Å². The monoisotopic (exact) mass is 411 g/mol. The van der Waals surface area contributed by atoms with Crippen molar-refractivity contribution in [1.82, 2.24) is 4.98 Å². The molecule has 4 aromatic rings. The normalized spacial score (nSPS) is 11.4. The van der Waals surface area contributed by atoms with Crippen LogP contribution in [0.2, 0.25) is 0 Å². The Morgan fingerprint density at radius 1 is 0.862 bits per heavy atom. The first-order valence-corrected chi connectivity index (χ1v) is 10.0. The van der Waals surface area contributed by atoms with Gasteiger partial charge in [0.2, 0.25) is 5.89 Å². The van der Waals surface area contributed by atoms with Gasteiger partial charge in [-0.2, -0.15) is 8.42 Å². The third kappa shape index (κ3) is 3.74. The molecule has 0 fully saturated rings. The molecule has 0 aliphatic carbocycles. The molecule has 8 heteroatoms. The summed E-state index contributed by atoms with van der Waals surface area (Å²) in [5.41, 5.74) is 1.84. The molecule has 0 unspecified atom stereocenters. The lowest BCUT2D eigenvalue weighted by atomic mass is 10.2. The minimum Gasteiger partial charge on any atom is -0.493 e. The first kappa shape index (κ1) is 18.8. The average Bonchev–Trinajstić information content (AvgIpc) is 3.17. The molecule has 1 aromatic heterocycles. The third-order valence-corrected chi connectivity index (χ3v) is 5.47. The van der Waals surface area contributed by atoms with Crippen molar-refractivity contribution in [3.63, 3.8) is 0 Å². The Hall–Kier alpha value is -3.52. The molecule has 0 amide bonds. The number of rotatable bonds is 6. The molecular formula is C21H17NO6S. The molecule has 3 aromatic carbocycles. The molecule has 7 nitrogen and oxygen atoms in total. The second-order valence-electron chi connectivity index (χ2n) is 6.07. The van der Waals surface area contributed by atoms with Gasteiger partial charge in [-0.1, -0.05) is 18.2 Å². The maximum absolute atomic E-state index is 12.7. The number of methoxy groups -OCH3 is 2. The number of hydrogen-bond acceptors (Lipinski definition) is 7. The van der Waals surface area contributed by atoms with E-state index in [1.54, 1.807) is 6.07 Å². The zero-order valence-corrected chi connectivity index (χ0v) is 16.5. The van der Waals surface area contributed by atoms with Crippen molar-refractivity contribution < 1.29 is 26.5 Å². The summed E-state index contributed by atoms with van der Waals surface area (Å²) in [5, 5.41) is 0. The summed E-state index contributed by atoms with van der Waals surface area (Å²) in [4.78, 5) is 4.36. The summed E-state index contributed by atoms with van der Waals surface area (Å²) in [6.45, 7) is 0. The van der Waals surface area contributed by atoms with Gasteiger partial charge in [0, 0.05) is 17.7 Å². The van der Waals surface area contributed by atoms with Crippen LogP contribution in [0.3, 0.4) is 0 Å². The van der Waals surface area contributed by atoms with E-state index in [9.17, 15) is 8.42 Å². The first-order chi connectivity index (χ1) is 14.0. The van der Waals surface area contributed by atoms with Gasteiger partial charge in [-0.25, -0.2) is 4.98 Å². The summed E-state index contributed by atoms with van der Waals surface area (Å²) in [6.07, 6.45) is 0. The standard InChI is InChI=1S/C21H17NO6S/c1-25-18-11-9-16(13-20(18)26-2)29(23,24)28-15-8-10-17-19(12-15)27-21(22-17)14-6-4-3-5-7-14/h3-13H,1-2H3. The quantitative estimate of drug-likeness (QED) is 0.438. The van der Waals surface area contributed by atoms with E-state index in [4.69, 9.17) is 18.1 Å². The van der Waals surface area contributed by atoms with Crippen molar-refractivity contribution in [2.24, 2.45) is 0 Å². The summed E-state index contributed by atoms with van der Waals surface area (Å²) < 4.78 is 46.7. The lowest BCUT2D eigenvalue weighted by Crippen LogP contribution is -2.10. The van der Waals surface area contributed by atoms with Crippen molar-refractivity contribution in [3.8, 4) is 28.7 Å². The molecule has 4 rings (SSSR count). The van der Waals surface area contributed by atoms with Gasteiger partial charge in [0.05, 0.1) is 14.2 Å². The van der Waals surface area contributed by atoms with Crippen LogP contribution in [0.15, 0.2) is 76.0 Å². The molecule has 148 valence electrons. The van der Waals surface area contributed by atoms with Gasteiger partial charge in [-0.05, 0) is 36.4 Å². The van der Waals surface area contributed by atoms with E-state index in [0.717, 1.165) is 5.56 Å². The smallest absolute Gasteiger partial charge is 0.339 e. The molecule has 1 heterocycles. The number of hydrogen-bond donors (Lipinski definition) is 0. The second kappa shape index (κ2) is 7.48. The second-order valence-corrected chi connectivity index (χ2v) is 7.62. The predicted molar refractivity (Wildman–Crippen MR) is 107 cm³/mol. The van der Waals surface area contributed by atoms with Gasteiger partial charge in [0.25, 0.3) is 0 Å². The Kier molecular flexibility index (Phi) is 4.85. The van der Waals surface area contributed by atoms with Crippen LogP contribution in [0, 0.1) is 0 Å². The van der Waals surface area contributed by atoms with Crippen LogP contribution in [0.5, 0.6) is 17.2 Å². The number of fused-ring (bicyclic) bond motifs is 1. The fourth-order valence-corrected chi connectivity index (χ4v) is 3.75.